The summed E-state index contributed by atoms with van der Waals surface area (Å²) in [6.45, 7) is 4.74. The van der Waals surface area contributed by atoms with E-state index in [9.17, 15) is 4.79 Å². The highest BCUT2D eigenvalue weighted by atomic mass is 16.8. The van der Waals surface area contributed by atoms with Crippen LogP contribution in [0.25, 0.3) is 0 Å². The topological polar surface area (TPSA) is 97.8 Å². The summed E-state index contributed by atoms with van der Waals surface area (Å²) in [7, 11) is 0. The molecule has 0 aliphatic carbocycles. The van der Waals surface area contributed by atoms with Crippen molar-refractivity contribution in [2.24, 2.45) is 0 Å². The van der Waals surface area contributed by atoms with Gasteiger partial charge in [-0.25, -0.2) is 4.79 Å². The first-order valence-electron chi connectivity index (χ1n) is 6.45. The van der Waals surface area contributed by atoms with E-state index < -0.39 is 18.2 Å². The molecule has 2 rings (SSSR count). The predicted molar refractivity (Wildman–Crippen MR) is 69.8 cm³/mol. The largest absolute Gasteiger partial charge is 0.383 e. The highest BCUT2D eigenvalue weighted by Crippen LogP contribution is 2.20. The fraction of sp³-hybridized carbons (Fsp3) is 0.667. The number of ether oxygens (including phenoxy) is 4. The summed E-state index contributed by atoms with van der Waals surface area (Å²) in [4.78, 5) is 15.3. The van der Waals surface area contributed by atoms with Gasteiger partial charge >= 0.3 is 5.69 Å². The minimum absolute atomic E-state index is 0.176. The van der Waals surface area contributed by atoms with Gasteiger partial charge in [-0.3, -0.25) is 4.57 Å². The fourth-order valence-corrected chi connectivity index (χ4v) is 1.82. The number of aromatic nitrogens is 2. The van der Waals surface area contributed by atoms with Gasteiger partial charge in [0.25, 0.3) is 0 Å². The van der Waals surface area contributed by atoms with Gasteiger partial charge in [-0.15, -0.1) is 0 Å². The predicted octanol–water partition coefficient (Wildman–Crippen LogP) is 0.0961. The lowest BCUT2D eigenvalue weighted by molar-refractivity contribution is -0.183. The van der Waals surface area contributed by atoms with Crippen molar-refractivity contribution >= 4 is 5.82 Å². The Balaban J connectivity index is 1.87. The molecule has 1 unspecified atom stereocenters. The Morgan fingerprint density at radius 2 is 2.40 bits per heavy atom. The maximum Gasteiger partial charge on any atom is 0.351 e. The third-order valence-electron chi connectivity index (χ3n) is 2.76. The number of nitrogens with zero attached hydrogens (tertiary/aromatic N) is 2. The summed E-state index contributed by atoms with van der Waals surface area (Å²) in [5.41, 5.74) is 4.96. The molecule has 1 aliphatic heterocycles. The zero-order valence-corrected chi connectivity index (χ0v) is 11.5. The van der Waals surface area contributed by atoms with Crippen LogP contribution in [0.3, 0.4) is 0 Å². The summed E-state index contributed by atoms with van der Waals surface area (Å²) in [5.74, 6) is 0.176. The zero-order chi connectivity index (χ0) is 14.5. The van der Waals surface area contributed by atoms with Gasteiger partial charge in [0.15, 0.2) is 18.8 Å². The fourth-order valence-electron chi connectivity index (χ4n) is 1.82. The molecule has 20 heavy (non-hydrogen) atoms. The zero-order valence-electron chi connectivity index (χ0n) is 11.5. The van der Waals surface area contributed by atoms with Crippen molar-refractivity contribution in [2.75, 3.05) is 25.6 Å². The highest BCUT2D eigenvalue weighted by molar-refractivity contribution is 5.23. The average molecular weight is 285 g/mol. The van der Waals surface area contributed by atoms with Crippen molar-refractivity contribution in [3.05, 3.63) is 22.7 Å². The van der Waals surface area contributed by atoms with E-state index in [1.807, 2.05) is 6.92 Å². The Morgan fingerprint density at radius 3 is 3.10 bits per heavy atom. The van der Waals surface area contributed by atoms with Crippen LogP contribution in [0, 0.1) is 0 Å². The third-order valence-corrected chi connectivity index (χ3v) is 2.76. The van der Waals surface area contributed by atoms with E-state index >= 15 is 0 Å². The van der Waals surface area contributed by atoms with E-state index in [0.29, 0.717) is 6.61 Å². The van der Waals surface area contributed by atoms with Crippen molar-refractivity contribution in [3.8, 4) is 0 Å². The molecule has 112 valence electrons. The van der Waals surface area contributed by atoms with Crippen LogP contribution in [-0.4, -0.2) is 42.0 Å². The van der Waals surface area contributed by atoms with Gasteiger partial charge in [0.05, 0.1) is 6.61 Å². The van der Waals surface area contributed by atoms with Gasteiger partial charge in [-0.1, -0.05) is 0 Å². The first kappa shape index (κ1) is 14.9. The molecule has 2 heterocycles. The van der Waals surface area contributed by atoms with Crippen LogP contribution < -0.4 is 11.4 Å². The highest BCUT2D eigenvalue weighted by Gasteiger charge is 2.28. The normalized spacial score (nSPS) is 23.9. The Kier molecular flexibility index (Phi) is 5.07. The van der Waals surface area contributed by atoms with E-state index in [2.05, 4.69) is 4.98 Å². The molecule has 1 aromatic rings. The summed E-state index contributed by atoms with van der Waals surface area (Å²) >= 11 is 0. The first-order valence-corrected chi connectivity index (χ1v) is 6.45. The van der Waals surface area contributed by atoms with Crippen molar-refractivity contribution < 1.29 is 18.9 Å². The van der Waals surface area contributed by atoms with Crippen molar-refractivity contribution in [3.63, 3.8) is 0 Å². The number of nitrogen functional groups attached to an aromatic ring is 1. The minimum Gasteiger partial charge on any atom is -0.383 e. The molecule has 2 N–H and O–H groups in total. The smallest absolute Gasteiger partial charge is 0.351 e. The van der Waals surface area contributed by atoms with Crippen LogP contribution in [0.2, 0.25) is 0 Å². The summed E-state index contributed by atoms with van der Waals surface area (Å²) in [6, 6.07) is 1.53. The monoisotopic (exact) mass is 285 g/mol. The Hall–Kier alpha value is -1.48. The molecule has 0 bridgehead atoms. The first-order chi connectivity index (χ1) is 9.60. The van der Waals surface area contributed by atoms with Gasteiger partial charge < -0.3 is 24.7 Å². The lowest BCUT2D eigenvalue weighted by atomic mass is 10.5. The molecule has 0 aromatic carbocycles. The maximum atomic E-state index is 11.7. The molecule has 1 fully saturated rings. The number of anilines is 1. The van der Waals surface area contributed by atoms with Crippen LogP contribution in [-0.2, 0) is 18.9 Å². The third kappa shape index (κ3) is 3.76. The summed E-state index contributed by atoms with van der Waals surface area (Å²) < 4.78 is 23.0. The number of rotatable bonds is 6. The van der Waals surface area contributed by atoms with Crippen LogP contribution >= 0.6 is 0 Å². The van der Waals surface area contributed by atoms with Gasteiger partial charge in [0, 0.05) is 12.8 Å². The molecule has 1 aromatic heterocycles. The molecule has 0 spiro atoms. The molecular weight excluding hydrogens is 266 g/mol. The standard InChI is InChI=1S/C12H19N3O5/c1-3-17-8(2)18-7-11-19-6-10(20-11)15-5-4-9(13)14-12(15)16/h4-5,8,10-11H,3,6-7H2,1-2H3,(H2,13,14,16)/t8?,10-,11-/m0/s1. The van der Waals surface area contributed by atoms with Crippen molar-refractivity contribution in [1.29, 1.82) is 0 Å². The van der Waals surface area contributed by atoms with Gasteiger partial charge in [0.1, 0.15) is 12.4 Å². The molecule has 0 amide bonds. The minimum atomic E-state index is -0.535. The molecule has 8 nitrogen and oxygen atoms in total. The van der Waals surface area contributed by atoms with Crippen molar-refractivity contribution in [2.45, 2.75) is 32.7 Å². The molecule has 0 radical (unpaired) electrons. The van der Waals surface area contributed by atoms with Gasteiger partial charge in [0.2, 0.25) is 0 Å². The SMILES string of the molecule is CCOC(C)OC[C@H]1OC[C@@H](n2ccc(N)nc2=O)O1. The lowest BCUT2D eigenvalue weighted by Gasteiger charge is -2.16. The Labute approximate surface area is 116 Å². The van der Waals surface area contributed by atoms with Crippen LogP contribution in [0.1, 0.15) is 20.1 Å². The molecule has 0 saturated carbocycles. The second kappa shape index (κ2) is 6.80. The van der Waals surface area contributed by atoms with Crippen LogP contribution in [0.15, 0.2) is 17.1 Å². The van der Waals surface area contributed by atoms with E-state index in [0.717, 1.165) is 0 Å². The molecule has 3 atom stereocenters. The van der Waals surface area contributed by atoms with Crippen LogP contribution in [0.5, 0.6) is 0 Å². The van der Waals surface area contributed by atoms with Gasteiger partial charge in [-0.2, -0.15) is 4.98 Å². The van der Waals surface area contributed by atoms with E-state index in [-0.39, 0.29) is 25.3 Å². The van der Waals surface area contributed by atoms with Crippen LogP contribution in [0.4, 0.5) is 5.82 Å². The molecule has 1 saturated heterocycles. The van der Waals surface area contributed by atoms with E-state index in [1.54, 1.807) is 6.92 Å². The Bertz CT molecular complexity index is 492. The Morgan fingerprint density at radius 1 is 1.60 bits per heavy atom. The second-order valence-corrected chi connectivity index (χ2v) is 4.25. The van der Waals surface area contributed by atoms with Crippen molar-refractivity contribution in [1.82, 2.24) is 9.55 Å². The molecule has 8 heteroatoms. The average Bonchev–Trinajstić information content (AvgIpc) is 2.85. The second-order valence-electron chi connectivity index (χ2n) is 4.25. The number of hydrogen-bond donors (Lipinski definition) is 1. The summed E-state index contributed by atoms with van der Waals surface area (Å²) in [5, 5.41) is 0. The molecular formula is C12H19N3O5. The lowest BCUT2D eigenvalue weighted by Crippen LogP contribution is -2.29. The van der Waals surface area contributed by atoms with Gasteiger partial charge in [-0.05, 0) is 19.9 Å². The molecule has 1 aliphatic rings. The quantitative estimate of drug-likeness (QED) is 0.740. The summed E-state index contributed by atoms with van der Waals surface area (Å²) in [6.07, 6.45) is 0.149. The number of hydrogen-bond acceptors (Lipinski definition) is 7. The maximum absolute atomic E-state index is 11.7. The van der Waals surface area contributed by atoms with E-state index in [1.165, 1.54) is 16.8 Å². The number of nitrogens with two attached hydrogens (primary N) is 1. The van der Waals surface area contributed by atoms with E-state index in [4.69, 9.17) is 24.7 Å².